The molecule has 2 aromatic rings. The summed E-state index contributed by atoms with van der Waals surface area (Å²) in [7, 11) is 0. The van der Waals surface area contributed by atoms with E-state index in [4.69, 9.17) is 9.72 Å². The van der Waals surface area contributed by atoms with Crippen molar-refractivity contribution in [2.75, 3.05) is 13.2 Å². The van der Waals surface area contributed by atoms with Crippen LogP contribution in [0.4, 0.5) is 0 Å². The van der Waals surface area contributed by atoms with E-state index in [1.807, 2.05) is 18.3 Å². The molecule has 0 saturated carbocycles. The van der Waals surface area contributed by atoms with Gasteiger partial charge in [-0.1, -0.05) is 6.92 Å². The molecule has 2 aromatic heterocycles. The fourth-order valence-electron chi connectivity index (χ4n) is 2.47. The lowest BCUT2D eigenvalue weighted by atomic mass is 10.1. The quantitative estimate of drug-likeness (QED) is 0.814. The Morgan fingerprint density at radius 2 is 2.47 bits per heavy atom. The van der Waals surface area contributed by atoms with Crippen molar-refractivity contribution in [3.8, 4) is 0 Å². The Morgan fingerprint density at radius 3 is 3.24 bits per heavy atom. The SMILES string of the molecule is CCCn1c(C2CCOC2)nc2cccnc21. The van der Waals surface area contributed by atoms with Crippen LogP contribution in [0, 0.1) is 0 Å². The number of pyridine rings is 1. The highest BCUT2D eigenvalue weighted by molar-refractivity contribution is 5.71. The Morgan fingerprint density at radius 1 is 1.53 bits per heavy atom. The zero-order chi connectivity index (χ0) is 11.7. The van der Waals surface area contributed by atoms with Crippen LogP contribution in [0.5, 0.6) is 0 Å². The molecule has 90 valence electrons. The van der Waals surface area contributed by atoms with Crippen molar-refractivity contribution in [2.24, 2.45) is 0 Å². The molecule has 1 aliphatic rings. The predicted molar refractivity (Wildman–Crippen MR) is 66.0 cm³/mol. The maximum Gasteiger partial charge on any atom is 0.159 e. The number of rotatable bonds is 3. The van der Waals surface area contributed by atoms with Gasteiger partial charge in [0.05, 0.1) is 6.61 Å². The number of ether oxygens (including phenoxy) is 1. The minimum absolute atomic E-state index is 0.441. The number of hydrogen-bond donors (Lipinski definition) is 0. The highest BCUT2D eigenvalue weighted by Crippen LogP contribution is 2.27. The van der Waals surface area contributed by atoms with Gasteiger partial charge < -0.3 is 9.30 Å². The number of hydrogen-bond acceptors (Lipinski definition) is 3. The zero-order valence-corrected chi connectivity index (χ0v) is 10.1. The molecule has 1 saturated heterocycles. The summed E-state index contributed by atoms with van der Waals surface area (Å²) in [6, 6.07) is 3.98. The maximum atomic E-state index is 5.47. The third-order valence-corrected chi connectivity index (χ3v) is 3.28. The summed E-state index contributed by atoms with van der Waals surface area (Å²) >= 11 is 0. The summed E-state index contributed by atoms with van der Waals surface area (Å²) in [5.41, 5.74) is 2.01. The molecule has 0 bridgehead atoms. The van der Waals surface area contributed by atoms with Gasteiger partial charge in [0.2, 0.25) is 0 Å². The van der Waals surface area contributed by atoms with E-state index in [1.165, 1.54) is 0 Å². The molecule has 0 radical (unpaired) electrons. The summed E-state index contributed by atoms with van der Waals surface area (Å²) in [6.45, 7) is 4.82. The topological polar surface area (TPSA) is 39.9 Å². The molecular weight excluding hydrogens is 214 g/mol. The second kappa shape index (κ2) is 4.45. The third kappa shape index (κ3) is 1.82. The standard InChI is InChI=1S/C13H17N3O/c1-2-7-16-12(10-5-8-17-9-10)15-11-4-3-6-14-13(11)16/h3-4,6,10H,2,5,7-9H2,1H3. The van der Waals surface area contributed by atoms with Gasteiger partial charge >= 0.3 is 0 Å². The number of nitrogens with zero attached hydrogens (tertiary/aromatic N) is 3. The summed E-state index contributed by atoms with van der Waals surface area (Å²) in [5, 5.41) is 0. The fraction of sp³-hybridized carbons (Fsp3) is 0.538. The zero-order valence-electron chi connectivity index (χ0n) is 10.1. The lowest BCUT2D eigenvalue weighted by Gasteiger charge is -2.10. The molecule has 0 N–H and O–H groups in total. The van der Waals surface area contributed by atoms with Crippen LogP contribution in [0.1, 0.15) is 31.5 Å². The van der Waals surface area contributed by atoms with Crippen LogP contribution in [0.3, 0.4) is 0 Å². The van der Waals surface area contributed by atoms with Crippen LogP contribution in [0.2, 0.25) is 0 Å². The number of aromatic nitrogens is 3. The van der Waals surface area contributed by atoms with Crippen molar-refractivity contribution in [3.05, 3.63) is 24.2 Å². The van der Waals surface area contributed by atoms with Gasteiger partial charge in [-0.3, -0.25) is 0 Å². The Bertz CT molecular complexity index is 514. The lowest BCUT2D eigenvalue weighted by molar-refractivity contribution is 0.192. The Balaban J connectivity index is 2.11. The first kappa shape index (κ1) is 10.7. The monoisotopic (exact) mass is 231 g/mol. The molecule has 4 nitrogen and oxygen atoms in total. The van der Waals surface area contributed by atoms with Crippen molar-refractivity contribution in [3.63, 3.8) is 0 Å². The van der Waals surface area contributed by atoms with Crippen molar-refractivity contribution in [2.45, 2.75) is 32.2 Å². The first-order chi connectivity index (χ1) is 8.40. The summed E-state index contributed by atoms with van der Waals surface area (Å²) in [4.78, 5) is 9.19. The Kier molecular flexibility index (Phi) is 2.81. The molecule has 0 aromatic carbocycles. The average Bonchev–Trinajstić information content (AvgIpc) is 2.97. The fourth-order valence-corrected chi connectivity index (χ4v) is 2.47. The molecule has 1 atom stereocenters. The van der Waals surface area contributed by atoms with Crippen LogP contribution in [0.15, 0.2) is 18.3 Å². The van der Waals surface area contributed by atoms with Gasteiger partial charge in [-0.2, -0.15) is 0 Å². The molecule has 0 aliphatic carbocycles. The summed E-state index contributed by atoms with van der Waals surface area (Å²) in [6.07, 6.45) is 4.01. The van der Waals surface area contributed by atoms with Crippen LogP contribution in [-0.2, 0) is 11.3 Å². The second-order valence-corrected chi connectivity index (χ2v) is 4.53. The van der Waals surface area contributed by atoms with E-state index in [-0.39, 0.29) is 0 Å². The summed E-state index contributed by atoms with van der Waals surface area (Å²) in [5.74, 6) is 1.59. The lowest BCUT2D eigenvalue weighted by Crippen LogP contribution is -2.09. The number of fused-ring (bicyclic) bond motifs is 1. The average molecular weight is 231 g/mol. The van der Waals surface area contributed by atoms with E-state index in [1.54, 1.807) is 0 Å². The van der Waals surface area contributed by atoms with Gasteiger partial charge in [-0.05, 0) is 25.0 Å². The van der Waals surface area contributed by atoms with Gasteiger partial charge in [-0.15, -0.1) is 0 Å². The minimum atomic E-state index is 0.441. The van der Waals surface area contributed by atoms with Gasteiger partial charge in [0, 0.05) is 25.3 Å². The van der Waals surface area contributed by atoms with E-state index >= 15 is 0 Å². The van der Waals surface area contributed by atoms with Gasteiger partial charge in [0.25, 0.3) is 0 Å². The van der Waals surface area contributed by atoms with E-state index in [9.17, 15) is 0 Å². The Labute approximate surface area is 101 Å². The van der Waals surface area contributed by atoms with Crippen LogP contribution >= 0.6 is 0 Å². The van der Waals surface area contributed by atoms with Gasteiger partial charge in [0.1, 0.15) is 11.3 Å². The molecule has 0 spiro atoms. The smallest absolute Gasteiger partial charge is 0.159 e. The highest BCUT2D eigenvalue weighted by atomic mass is 16.5. The normalized spacial score (nSPS) is 20.2. The van der Waals surface area contributed by atoms with E-state index in [0.717, 1.165) is 49.6 Å². The highest BCUT2D eigenvalue weighted by Gasteiger charge is 2.24. The first-order valence-electron chi connectivity index (χ1n) is 6.29. The first-order valence-corrected chi connectivity index (χ1v) is 6.29. The van der Waals surface area contributed by atoms with Crippen LogP contribution in [-0.4, -0.2) is 27.7 Å². The molecular formula is C13H17N3O. The molecule has 0 amide bonds. The van der Waals surface area contributed by atoms with E-state index < -0.39 is 0 Å². The maximum absolute atomic E-state index is 5.47. The molecule has 4 heteroatoms. The molecule has 1 unspecified atom stereocenters. The van der Waals surface area contributed by atoms with Crippen LogP contribution in [0.25, 0.3) is 11.2 Å². The van der Waals surface area contributed by atoms with E-state index in [0.29, 0.717) is 5.92 Å². The Hall–Kier alpha value is -1.42. The number of aryl methyl sites for hydroxylation is 1. The second-order valence-electron chi connectivity index (χ2n) is 4.53. The predicted octanol–water partition coefficient (Wildman–Crippen LogP) is 2.35. The third-order valence-electron chi connectivity index (χ3n) is 3.28. The molecule has 3 rings (SSSR count). The van der Waals surface area contributed by atoms with Crippen molar-refractivity contribution >= 4 is 11.2 Å². The molecule has 3 heterocycles. The molecule has 1 aliphatic heterocycles. The molecule has 17 heavy (non-hydrogen) atoms. The van der Waals surface area contributed by atoms with Gasteiger partial charge in [-0.25, -0.2) is 9.97 Å². The largest absolute Gasteiger partial charge is 0.381 e. The van der Waals surface area contributed by atoms with Crippen LogP contribution < -0.4 is 0 Å². The van der Waals surface area contributed by atoms with Gasteiger partial charge in [0.15, 0.2) is 5.65 Å². The van der Waals surface area contributed by atoms with E-state index in [2.05, 4.69) is 16.5 Å². The van der Waals surface area contributed by atoms with Crippen molar-refractivity contribution in [1.29, 1.82) is 0 Å². The van der Waals surface area contributed by atoms with Crippen molar-refractivity contribution in [1.82, 2.24) is 14.5 Å². The number of imidazole rings is 1. The minimum Gasteiger partial charge on any atom is -0.381 e. The molecule has 1 fully saturated rings. The van der Waals surface area contributed by atoms with Crippen molar-refractivity contribution < 1.29 is 4.74 Å². The summed E-state index contributed by atoms with van der Waals surface area (Å²) < 4.78 is 7.73.